The summed E-state index contributed by atoms with van der Waals surface area (Å²) in [5.41, 5.74) is 10.2. The molecular weight excluding hydrogens is 174 g/mol. The van der Waals surface area contributed by atoms with Crippen LogP contribution in [0.2, 0.25) is 0 Å². The molecule has 0 aromatic carbocycles. The minimum absolute atomic E-state index is 0.546. The Kier molecular flexibility index (Phi) is 2.25. The molecule has 2 heterocycles. The minimum atomic E-state index is 0.546. The Hall–Kier alpha value is -1.35. The molecule has 0 aliphatic rings. The van der Waals surface area contributed by atoms with Crippen molar-refractivity contribution in [1.29, 1.82) is 0 Å². The number of nitrogens with zero attached hydrogens (tertiary/aromatic N) is 2. The minimum Gasteiger partial charge on any atom is -0.326 e. The number of pyridine rings is 1. The van der Waals surface area contributed by atoms with Crippen LogP contribution in [0.3, 0.4) is 0 Å². The van der Waals surface area contributed by atoms with E-state index in [0.29, 0.717) is 6.54 Å². The van der Waals surface area contributed by atoms with Crippen molar-refractivity contribution in [3.05, 3.63) is 35.3 Å². The predicted octanol–water partition coefficient (Wildman–Crippen LogP) is 1.66. The van der Waals surface area contributed by atoms with Gasteiger partial charge in [-0.1, -0.05) is 13.0 Å². The maximum Gasteiger partial charge on any atom is 0.141 e. The lowest BCUT2D eigenvalue weighted by Crippen LogP contribution is -2.00. The van der Waals surface area contributed by atoms with Crippen molar-refractivity contribution in [3.8, 4) is 0 Å². The number of rotatable bonds is 2. The van der Waals surface area contributed by atoms with Gasteiger partial charge in [0, 0.05) is 24.0 Å². The van der Waals surface area contributed by atoms with E-state index < -0.39 is 0 Å². The van der Waals surface area contributed by atoms with Gasteiger partial charge in [0.05, 0.1) is 5.69 Å². The van der Waals surface area contributed by atoms with Crippen LogP contribution >= 0.6 is 0 Å². The number of fused-ring (bicyclic) bond motifs is 1. The number of imidazole rings is 1. The lowest BCUT2D eigenvalue weighted by Gasteiger charge is -2.01. The van der Waals surface area contributed by atoms with E-state index in [-0.39, 0.29) is 0 Å². The number of hydrogen-bond acceptors (Lipinski definition) is 2. The third-order valence-corrected chi connectivity index (χ3v) is 2.58. The van der Waals surface area contributed by atoms with Gasteiger partial charge in [-0.2, -0.15) is 0 Å². The summed E-state index contributed by atoms with van der Waals surface area (Å²) in [6.07, 6.45) is 3.05. The van der Waals surface area contributed by atoms with E-state index >= 15 is 0 Å². The van der Waals surface area contributed by atoms with Crippen LogP contribution in [-0.2, 0) is 13.0 Å². The van der Waals surface area contributed by atoms with E-state index in [9.17, 15) is 0 Å². The third kappa shape index (κ3) is 1.21. The Bertz CT molecular complexity index is 457. The molecular formula is C11H15N3. The highest BCUT2D eigenvalue weighted by atomic mass is 15.0. The van der Waals surface area contributed by atoms with E-state index in [2.05, 4.69) is 16.3 Å². The largest absolute Gasteiger partial charge is 0.326 e. The van der Waals surface area contributed by atoms with Crippen molar-refractivity contribution in [2.24, 2.45) is 5.73 Å². The van der Waals surface area contributed by atoms with Crippen molar-refractivity contribution in [3.63, 3.8) is 0 Å². The fourth-order valence-electron chi connectivity index (χ4n) is 1.87. The average molecular weight is 189 g/mol. The second-order valence-electron chi connectivity index (χ2n) is 3.43. The fraction of sp³-hybridized carbons (Fsp3) is 0.364. The van der Waals surface area contributed by atoms with Gasteiger partial charge >= 0.3 is 0 Å². The van der Waals surface area contributed by atoms with E-state index in [1.165, 1.54) is 5.69 Å². The van der Waals surface area contributed by atoms with Crippen molar-refractivity contribution in [2.75, 3.05) is 0 Å². The maximum atomic E-state index is 5.66. The Labute approximate surface area is 83.6 Å². The van der Waals surface area contributed by atoms with Crippen molar-refractivity contribution in [2.45, 2.75) is 26.8 Å². The van der Waals surface area contributed by atoms with Gasteiger partial charge in [-0.05, 0) is 19.4 Å². The summed E-state index contributed by atoms with van der Waals surface area (Å²) >= 11 is 0. The number of aromatic nitrogens is 2. The van der Waals surface area contributed by atoms with Gasteiger partial charge in [-0.25, -0.2) is 4.98 Å². The first-order valence-electron chi connectivity index (χ1n) is 4.93. The molecule has 2 rings (SSSR count). The molecule has 0 atom stereocenters. The SMILES string of the molecule is CCc1c(C)nc2c(CN)cccn12. The van der Waals surface area contributed by atoms with Gasteiger partial charge in [-0.15, -0.1) is 0 Å². The first kappa shape index (κ1) is 9.21. The van der Waals surface area contributed by atoms with Crippen LogP contribution in [0.15, 0.2) is 18.3 Å². The molecule has 2 aromatic heterocycles. The summed E-state index contributed by atoms with van der Waals surface area (Å²) in [7, 11) is 0. The topological polar surface area (TPSA) is 43.3 Å². The molecule has 0 unspecified atom stereocenters. The Morgan fingerprint density at radius 3 is 2.93 bits per heavy atom. The molecule has 0 aliphatic carbocycles. The molecule has 2 N–H and O–H groups in total. The van der Waals surface area contributed by atoms with Crippen LogP contribution in [0.5, 0.6) is 0 Å². The number of hydrogen-bond donors (Lipinski definition) is 1. The van der Waals surface area contributed by atoms with E-state index in [0.717, 1.165) is 23.3 Å². The molecule has 14 heavy (non-hydrogen) atoms. The van der Waals surface area contributed by atoms with Crippen LogP contribution < -0.4 is 5.73 Å². The maximum absolute atomic E-state index is 5.66. The van der Waals surface area contributed by atoms with E-state index in [1.54, 1.807) is 0 Å². The zero-order valence-corrected chi connectivity index (χ0v) is 8.62. The number of nitrogens with two attached hydrogens (primary N) is 1. The Morgan fingerprint density at radius 1 is 1.50 bits per heavy atom. The molecule has 3 nitrogen and oxygen atoms in total. The predicted molar refractivity (Wildman–Crippen MR) is 57.2 cm³/mol. The van der Waals surface area contributed by atoms with Crippen LogP contribution in [0.25, 0.3) is 5.65 Å². The van der Waals surface area contributed by atoms with Crippen LogP contribution in [-0.4, -0.2) is 9.38 Å². The molecule has 0 saturated carbocycles. The van der Waals surface area contributed by atoms with Gasteiger partial charge in [0.25, 0.3) is 0 Å². The van der Waals surface area contributed by atoms with Gasteiger partial charge in [0.2, 0.25) is 0 Å². The quantitative estimate of drug-likeness (QED) is 0.780. The van der Waals surface area contributed by atoms with E-state index in [1.807, 2.05) is 25.3 Å². The summed E-state index contributed by atoms with van der Waals surface area (Å²) < 4.78 is 2.14. The lowest BCUT2D eigenvalue weighted by molar-refractivity contribution is 0.965. The summed E-state index contributed by atoms with van der Waals surface area (Å²) in [6.45, 7) is 4.74. The molecule has 0 fully saturated rings. The second-order valence-corrected chi connectivity index (χ2v) is 3.43. The van der Waals surface area contributed by atoms with Crippen molar-refractivity contribution < 1.29 is 0 Å². The molecule has 3 heteroatoms. The lowest BCUT2D eigenvalue weighted by atomic mass is 10.2. The Balaban J connectivity index is 2.79. The number of aryl methyl sites for hydroxylation is 2. The summed E-state index contributed by atoms with van der Waals surface area (Å²) in [5.74, 6) is 0. The van der Waals surface area contributed by atoms with Crippen molar-refractivity contribution >= 4 is 5.65 Å². The molecule has 2 aromatic rings. The first-order valence-corrected chi connectivity index (χ1v) is 4.93. The highest BCUT2D eigenvalue weighted by Gasteiger charge is 2.08. The highest BCUT2D eigenvalue weighted by Crippen LogP contribution is 2.15. The smallest absolute Gasteiger partial charge is 0.141 e. The Morgan fingerprint density at radius 2 is 2.29 bits per heavy atom. The molecule has 0 bridgehead atoms. The van der Waals surface area contributed by atoms with Crippen LogP contribution in [0, 0.1) is 6.92 Å². The van der Waals surface area contributed by atoms with Gasteiger partial charge in [-0.3, -0.25) is 0 Å². The third-order valence-electron chi connectivity index (χ3n) is 2.58. The molecule has 0 saturated heterocycles. The zero-order valence-electron chi connectivity index (χ0n) is 8.62. The van der Waals surface area contributed by atoms with Gasteiger partial charge in [0.1, 0.15) is 5.65 Å². The molecule has 0 aliphatic heterocycles. The molecule has 0 radical (unpaired) electrons. The zero-order chi connectivity index (χ0) is 10.1. The second kappa shape index (κ2) is 3.42. The fourth-order valence-corrected chi connectivity index (χ4v) is 1.87. The first-order chi connectivity index (χ1) is 6.77. The molecule has 0 amide bonds. The van der Waals surface area contributed by atoms with Crippen LogP contribution in [0.1, 0.15) is 23.9 Å². The summed E-state index contributed by atoms with van der Waals surface area (Å²) in [4.78, 5) is 4.54. The van der Waals surface area contributed by atoms with Crippen LogP contribution in [0.4, 0.5) is 0 Å². The average Bonchev–Trinajstić information content (AvgIpc) is 2.52. The molecule has 74 valence electrons. The summed E-state index contributed by atoms with van der Waals surface area (Å²) in [6, 6.07) is 4.05. The monoisotopic (exact) mass is 189 g/mol. The normalized spacial score (nSPS) is 11.1. The van der Waals surface area contributed by atoms with Crippen molar-refractivity contribution in [1.82, 2.24) is 9.38 Å². The standard InChI is InChI=1S/C11H15N3/c1-3-10-8(2)13-11-9(7-12)5-4-6-14(10)11/h4-6H,3,7,12H2,1-2H3. The van der Waals surface area contributed by atoms with Gasteiger partial charge < -0.3 is 10.1 Å². The highest BCUT2D eigenvalue weighted by molar-refractivity contribution is 5.50. The summed E-state index contributed by atoms with van der Waals surface area (Å²) in [5, 5.41) is 0. The van der Waals surface area contributed by atoms with E-state index in [4.69, 9.17) is 5.73 Å². The molecule has 0 spiro atoms. The van der Waals surface area contributed by atoms with Gasteiger partial charge in [0.15, 0.2) is 0 Å².